The van der Waals surface area contributed by atoms with Gasteiger partial charge in [0.05, 0.1) is 5.69 Å². The number of hydrogen-bond acceptors (Lipinski definition) is 2. The average molecular weight is 409 g/mol. The molecule has 130 valence electrons. The number of anilines is 2. The van der Waals surface area contributed by atoms with Gasteiger partial charge in [0, 0.05) is 34.1 Å². The lowest BCUT2D eigenvalue weighted by Crippen LogP contribution is -2.28. The minimum atomic E-state index is -0.0505. The van der Waals surface area contributed by atoms with E-state index in [9.17, 15) is 9.59 Å². The molecule has 1 aliphatic rings. The summed E-state index contributed by atoms with van der Waals surface area (Å²) < 4.78 is 0.920. The number of nitrogens with zero attached hydrogens (tertiary/aromatic N) is 1. The van der Waals surface area contributed by atoms with E-state index in [0.29, 0.717) is 19.4 Å². The number of carbonyl (C=O) groups is 2. The van der Waals surface area contributed by atoms with E-state index in [1.54, 1.807) is 4.90 Å². The first-order valence-electron chi connectivity index (χ1n) is 8.52. The minimum Gasteiger partial charge on any atom is -0.326 e. The summed E-state index contributed by atoms with van der Waals surface area (Å²) >= 11 is 3.39. The SMILES string of the molecule is O=C(CCCN1C(=O)c2cccc3cccc1c23)Nc1cccc(Br)c1. The molecule has 0 bridgehead atoms. The Morgan fingerprint density at radius 2 is 1.81 bits per heavy atom. The van der Waals surface area contributed by atoms with Gasteiger partial charge >= 0.3 is 0 Å². The number of rotatable bonds is 5. The van der Waals surface area contributed by atoms with E-state index in [-0.39, 0.29) is 11.8 Å². The van der Waals surface area contributed by atoms with Crippen LogP contribution in [0.1, 0.15) is 23.2 Å². The fraction of sp³-hybridized carbons (Fsp3) is 0.143. The van der Waals surface area contributed by atoms with Crippen molar-refractivity contribution in [3.05, 3.63) is 70.7 Å². The van der Waals surface area contributed by atoms with Gasteiger partial charge in [0.25, 0.3) is 5.91 Å². The van der Waals surface area contributed by atoms with E-state index < -0.39 is 0 Å². The van der Waals surface area contributed by atoms with Gasteiger partial charge in [-0.05, 0) is 42.1 Å². The lowest BCUT2D eigenvalue weighted by Gasteiger charge is -2.17. The van der Waals surface area contributed by atoms with Crippen molar-refractivity contribution < 1.29 is 9.59 Å². The zero-order valence-electron chi connectivity index (χ0n) is 14.0. The van der Waals surface area contributed by atoms with Gasteiger partial charge in [0.2, 0.25) is 5.91 Å². The van der Waals surface area contributed by atoms with Gasteiger partial charge in [0.15, 0.2) is 0 Å². The van der Waals surface area contributed by atoms with Crippen LogP contribution in [0.25, 0.3) is 10.8 Å². The van der Waals surface area contributed by atoms with Crippen molar-refractivity contribution in [2.45, 2.75) is 12.8 Å². The molecular formula is C21H17BrN2O2. The number of amides is 2. The molecule has 2 amide bonds. The maximum absolute atomic E-state index is 12.7. The van der Waals surface area contributed by atoms with Crippen molar-refractivity contribution in [2.75, 3.05) is 16.8 Å². The second-order valence-electron chi connectivity index (χ2n) is 6.30. The molecule has 0 radical (unpaired) electrons. The third-order valence-corrected chi connectivity index (χ3v) is 5.04. The van der Waals surface area contributed by atoms with Gasteiger partial charge in [-0.3, -0.25) is 9.59 Å². The Labute approximate surface area is 159 Å². The second kappa shape index (κ2) is 6.92. The van der Waals surface area contributed by atoms with Gasteiger partial charge < -0.3 is 10.2 Å². The van der Waals surface area contributed by atoms with Crippen LogP contribution in [0.2, 0.25) is 0 Å². The molecule has 4 rings (SSSR count). The smallest absolute Gasteiger partial charge is 0.258 e. The highest BCUT2D eigenvalue weighted by Crippen LogP contribution is 2.37. The number of nitrogens with one attached hydrogen (secondary N) is 1. The molecule has 0 saturated carbocycles. The zero-order chi connectivity index (χ0) is 18.1. The van der Waals surface area contributed by atoms with E-state index in [0.717, 1.165) is 32.2 Å². The zero-order valence-corrected chi connectivity index (χ0v) is 15.6. The van der Waals surface area contributed by atoms with E-state index in [2.05, 4.69) is 21.2 Å². The summed E-state index contributed by atoms with van der Waals surface area (Å²) in [6.07, 6.45) is 0.971. The number of carbonyl (C=O) groups excluding carboxylic acids is 2. The number of halogens is 1. The van der Waals surface area contributed by atoms with Crippen LogP contribution in [-0.2, 0) is 4.79 Å². The second-order valence-corrected chi connectivity index (χ2v) is 7.22. The Kier molecular flexibility index (Phi) is 4.47. The van der Waals surface area contributed by atoms with Crippen molar-refractivity contribution >= 4 is 49.9 Å². The normalized spacial score (nSPS) is 12.7. The molecule has 3 aromatic carbocycles. The predicted octanol–water partition coefficient (Wildman–Crippen LogP) is 4.98. The van der Waals surface area contributed by atoms with Crippen molar-refractivity contribution in [1.82, 2.24) is 0 Å². The van der Waals surface area contributed by atoms with E-state index in [1.807, 2.05) is 60.7 Å². The third kappa shape index (κ3) is 3.10. The largest absolute Gasteiger partial charge is 0.326 e. The molecule has 0 unspecified atom stereocenters. The summed E-state index contributed by atoms with van der Waals surface area (Å²) in [5, 5.41) is 4.97. The maximum atomic E-state index is 12.7. The molecule has 0 atom stereocenters. The lowest BCUT2D eigenvalue weighted by molar-refractivity contribution is -0.116. The summed E-state index contributed by atoms with van der Waals surface area (Å²) in [5.74, 6) is -0.0327. The first-order chi connectivity index (χ1) is 12.6. The van der Waals surface area contributed by atoms with Gasteiger partial charge in [-0.2, -0.15) is 0 Å². The van der Waals surface area contributed by atoms with Gasteiger partial charge in [-0.1, -0.05) is 46.3 Å². The van der Waals surface area contributed by atoms with E-state index >= 15 is 0 Å². The topological polar surface area (TPSA) is 49.4 Å². The summed E-state index contributed by atoms with van der Waals surface area (Å²) in [6, 6.07) is 19.2. The Morgan fingerprint density at radius 1 is 1.04 bits per heavy atom. The van der Waals surface area contributed by atoms with Crippen LogP contribution in [0.5, 0.6) is 0 Å². The van der Waals surface area contributed by atoms with Crippen LogP contribution in [0, 0.1) is 0 Å². The number of hydrogen-bond donors (Lipinski definition) is 1. The van der Waals surface area contributed by atoms with E-state index in [4.69, 9.17) is 0 Å². The van der Waals surface area contributed by atoms with Crippen LogP contribution in [0.15, 0.2) is 65.1 Å². The Morgan fingerprint density at radius 3 is 2.62 bits per heavy atom. The van der Waals surface area contributed by atoms with Crippen molar-refractivity contribution in [3.8, 4) is 0 Å². The molecule has 0 aromatic heterocycles. The standard InChI is InChI=1S/C21H17BrN2O2/c22-15-7-3-8-16(13-15)23-19(25)11-4-12-24-18-10-2-6-14-5-1-9-17(20(14)18)21(24)26/h1-3,5-10,13H,4,11-12H2,(H,23,25). The molecule has 0 aliphatic carbocycles. The third-order valence-electron chi connectivity index (χ3n) is 4.54. The molecular weight excluding hydrogens is 392 g/mol. The fourth-order valence-electron chi connectivity index (χ4n) is 3.39. The monoisotopic (exact) mass is 408 g/mol. The van der Waals surface area contributed by atoms with E-state index in [1.165, 1.54) is 0 Å². The van der Waals surface area contributed by atoms with Crippen LogP contribution in [0.4, 0.5) is 11.4 Å². The fourth-order valence-corrected chi connectivity index (χ4v) is 3.79. The Balaban J connectivity index is 1.41. The molecule has 5 heteroatoms. The Bertz CT molecular complexity index is 1010. The molecule has 0 saturated heterocycles. The van der Waals surface area contributed by atoms with Crippen molar-refractivity contribution in [3.63, 3.8) is 0 Å². The molecule has 0 spiro atoms. The Hall–Kier alpha value is -2.66. The van der Waals surface area contributed by atoms with Crippen LogP contribution in [0.3, 0.4) is 0 Å². The summed E-state index contributed by atoms with van der Waals surface area (Å²) in [5.41, 5.74) is 2.45. The highest BCUT2D eigenvalue weighted by atomic mass is 79.9. The van der Waals surface area contributed by atoms with Gasteiger partial charge in [-0.25, -0.2) is 0 Å². The summed E-state index contributed by atoms with van der Waals surface area (Å²) in [7, 11) is 0. The quantitative estimate of drug-likeness (QED) is 0.646. The van der Waals surface area contributed by atoms with Crippen molar-refractivity contribution in [1.29, 1.82) is 0 Å². The molecule has 1 aliphatic heterocycles. The average Bonchev–Trinajstić information content (AvgIpc) is 2.90. The van der Waals surface area contributed by atoms with Crippen LogP contribution < -0.4 is 10.2 Å². The summed E-state index contributed by atoms with van der Waals surface area (Å²) in [4.78, 5) is 26.6. The highest BCUT2D eigenvalue weighted by Gasteiger charge is 2.28. The number of benzene rings is 3. The molecule has 1 heterocycles. The van der Waals surface area contributed by atoms with Gasteiger partial charge in [0.1, 0.15) is 0 Å². The van der Waals surface area contributed by atoms with Crippen LogP contribution >= 0.6 is 15.9 Å². The highest BCUT2D eigenvalue weighted by molar-refractivity contribution is 9.10. The summed E-state index contributed by atoms with van der Waals surface area (Å²) in [6.45, 7) is 0.526. The maximum Gasteiger partial charge on any atom is 0.258 e. The van der Waals surface area contributed by atoms with Crippen molar-refractivity contribution in [2.24, 2.45) is 0 Å². The first-order valence-corrected chi connectivity index (χ1v) is 9.32. The molecule has 3 aromatic rings. The molecule has 1 N–H and O–H groups in total. The minimum absolute atomic E-state index is 0.0178. The van der Waals surface area contributed by atoms with Gasteiger partial charge in [-0.15, -0.1) is 0 Å². The molecule has 26 heavy (non-hydrogen) atoms. The van der Waals surface area contributed by atoms with Crippen LogP contribution in [-0.4, -0.2) is 18.4 Å². The molecule has 4 nitrogen and oxygen atoms in total. The first kappa shape index (κ1) is 16.8. The lowest BCUT2D eigenvalue weighted by atomic mass is 10.1. The predicted molar refractivity (Wildman–Crippen MR) is 108 cm³/mol. The molecule has 0 fully saturated rings.